The van der Waals surface area contributed by atoms with E-state index in [0.29, 0.717) is 5.75 Å². The average Bonchev–Trinajstić information content (AvgIpc) is 2.65. The lowest BCUT2D eigenvalue weighted by Crippen LogP contribution is -2.14. The zero-order valence-corrected chi connectivity index (χ0v) is 16.4. The Hall–Kier alpha value is -2.72. The molecule has 0 fully saturated rings. The predicted molar refractivity (Wildman–Crippen MR) is 114 cm³/mol. The lowest BCUT2D eigenvalue weighted by Gasteiger charge is -2.09. The van der Waals surface area contributed by atoms with Gasteiger partial charge in [-0.15, -0.1) is 11.8 Å². The number of aryl methyl sites for hydroxylation is 2. The van der Waals surface area contributed by atoms with E-state index in [9.17, 15) is 4.79 Å². The van der Waals surface area contributed by atoms with Crippen LogP contribution in [0.2, 0.25) is 0 Å². The van der Waals surface area contributed by atoms with E-state index in [1.807, 2.05) is 55.5 Å². The second-order valence-corrected chi connectivity index (χ2v) is 7.46. The molecule has 0 aromatic heterocycles. The zero-order valence-electron chi connectivity index (χ0n) is 15.6. The van der Waals surface area contributed by atoms with Crippen molar-refractivity contribution in [1.82, 2.24) is 0 Å². The van der Waals surface area contributed by atoms with Gasteiger partial charge in [-0.3, -0.25) is 4.79 Å². The minimum absolute atomic E-state index is 0.000496. The molecule has 0 aliphatic heterocycles. The fourth-order valence-electron chi connectivity index (χ4n) is 2.56. The Bertz CT molecular complexity index is 889. The highest BCUT2D eigenvalue weighted by atomic mass is 32.2. The van der Waals surface area contributed by atoms with Crippen LogP contribution in [0.1, 0.15) is 16.7 Å². The summed E-state index contributed by atoms with van der Waals surface area (Å²) in [6.07, 6.45) is 0. The molecule has 3 rings (SSSR count). The van der Waals surface area contributed by atoms with Crippen molar-refractivity contribution in [3.05, 3.63) is 89.5 Å². The third-order valence-corrected chi connectivity index (χ3v) is 4.99. The lowest BCUT2D eigenvalue weighted by atomic mass is 10.2. The third-order valence-electron chi connectivity index (χ3n) is 3.99. The summed E-state index contributed by atoms with van der Waals surface area (Å²) in [6, 6.07) is 23.7. The predicted octanol–water partition coefficient (Wildman–Crippen LogP) is 5.97. The minimum atomic E-state index is -0.000496. The van der Waals surface area contributed by atoms with Gasteiger partial charge in [0.1, 0.15) is 11.5 Å². The van der Waals surface area contributed by atoms with Gasteiger partial charge in [-0.2, -0.15) is 0 Å². The number of anilines is 1. The number of carbonyl (C=O) groups excluding carboxylic acids is 1. The van der Waals surface area contributed by atoms with Crippen molar-refractivity contribution in [2.45, 2.75) is 19.6 Å². The van der Waals surface area contributed by atoms with Crippen LogP contribution in [0.4, 0.5) is 5.69 Å². The maximum absolute atomic E-state index is 12.1. The quantitative estimate of drug-likeness (QED) is 0.551. The molecule has 4 heteroatoms. The van der Waals surface area contributed by atoms with Gasteiger partial charge in [-0.1, -0.05) is 42.0 Å². The lowest BCUT2D eigenvalue weighted by molar-refractivity contribution is -0.113. The molecule has 0 saturated heterocycles. The molecule has 0 spiro atoms. The van der Waals surface area contributed by atoms with Gasteiger partial charge in [0.05, 0.1) is 5.75 Å². The first kappa shape index (κ1) is 19.1. The molecule has 0 aliphatic carbocycles. The zero-order chi connectivity index (χ0) is 19.1. The Morgan fingerprint density at radius 3 is 2.33 bits per heavy atom. The molecular formula is C23H23NO2S. The first-order chi connectivity index (χ1) is 13.1. The number of hydrogen-bond acceptors (Lipinski definition) is 3. The highest BCUT2D eigenvalue weighted by Crippen LogP contribution is 2.24. The summed E-state index contributed by atoms with van der Waals surface area (Å²) in [5.74, 6) is 2.80. The number of ether oxygens (including phenoxy) is 1. The second-order valence-electron chi connectivity index (χ2n) is 6.47. The van der Waals surface area contributed by atoms with Gasteiger partial charge in [0.15, 0.2) is 0 Å². The monoisotopic (exact) mass is 377 g/mol. The number of benzene rings is 3. The van der Waals surface area contributed by atoms with Crippen molar-refractivity contribution >= 4 is 23.4 Å². The van der Waals surface area contributed by atoms with Crippen molar-refractivity contribution in [3.63, 3.8) is 0 Å². The van der Waals surface area contributed by atoms with E-state index < -0.39 is 0 Å². The number of thioether (sulfide) groups is 1. The third kappa shape index (κ3) is 6.19. The van der Waals surface area contributed by atoms with Crippen LogP contribution in [0.15, 0.2) is 72.8 Å². The molecule has 0 saturated carbocycles. The summed E-state index contributed by atoms with van der Waals surface area (Å²) < 4.78 is 5.82. The molecule has 3 aromatic rings. The summed E-state index contributed by atoms with van der Waals surface area (Å²) in [4.78, 5) is 12.1. The van der Waals surface area contributed by atoms with Crippen LogP contribution in [-0.4, -0.2) is 11.7 Å². The van der Waals surface area contributed by atoms with Crippen molar-refractivity contribution in [3.8, 4) is 11.5 Å². The van der Waals surface area contributed by atoms with Gasteiger partial charge in [0.25, 0.3) is 0 Å². The second kappa shape index (κ2) is 9.28. The Balaban J connectivity index is 1.46. The normalized spacial score (nSPS) is 10.4. The molecular weight excluding hydrogens is 354 g/mol. The summed E-state index contributed by atoms with van der Waals surface area (Å²) >= 11 is 1.61. The number of amides is 1. The molecule has 27 heavy (non-hydrogen) atoms. The number of nitrogens with one attached hydrogen (secondary N) is 1. The van der Waals surface area contributed by atoms with Crippen molar-refractivity contribution in [2.75, 3.05) is 11.1 Å². The highest BCUT2D eigenvalue weighted by Gasteiger charge is 2.04. The highest BCUT2D eigenvalue weighted by molar-refractivity contribution is 7.99. The molecule has 0 aliphatic rings. The van der Waals surface area contributed by atoms with Crippen molar-refractivity contribution in [1.29, 1.82) is 0 Å². The fourth-order valence-corrected chi connectivity index (χ4v) is 3.35. The molecule has 0 heterocycles. The largest absolute Gasteiger partial charge is 0.457 e. The van der Waals surface area contributed by atoms with Gasteiger partial charge >= 0.3 is 0 Å². The Kier molecular flexibility index (Phi) is 6.55. The molecule has 1 N–H and O–H groups in total. The van der Waals surface area contributed by atoms with Crippen LogP contribution in [0.3, 0.4) is 0 Å². The SMILES string of the molecule is Cc1ccc(CSCC(=O)Nc2ccc(Oc3cccc(C)c3)cc2)cc1. The number of rotatable bonds is 7. The summed E-state index contributed by atoms with van der Waals surface area (Å²) in [7, 11) is 0. The fraction of sp³-hybridized carbons (Fsp3) is 0.174. The molecule has 0 bridgehead atoms. The summed E-state index contributed by atoms with van der Waals surface area (Å²) in [6.45, 7) is 4.10. The van der Waals surface area contributed by atoms with E-state index in [1.54, 1.807) is 11.8 Å². The van der Waals surface area contributed by atoms with Crippen LogP contribution in [0.25, 0.3) is 0 Å². The molecule has 138 valence electrons. The molecule has 0 atom stereocenters. The summed E-state index contributed by atoms with van der Waals surface area (Å²) in [5, 5.41) is 2.92. The van der Waals surface area contributed by atoms with Gasteiger partial charge < -0.3 is 10.1 Å². The van der Waals surface area contributed by atoms with Gasteiger partial charge in [-0.05, 0) is 61.4 Å². The van der Waals surface area contributed by atoms with Crippen molar-refractivity contribution in [2.24, 2.45) is 0 Å². The minimum Gasteiger partial charge on any atom is -0.457 e. The summed E-state index contributed by atoms with van der Waals surface area (Å²) in [5.41, 5.74) is 4.40. The van der Waals surface area contributed by atoms with E-state index >= 15 is 0 Å². The van der Waals surface area contributed by atoms with Gasteiger partial charge in [0, 0.05) is 11.4 Å². The van der Waals surface area contributed by atoms with Gasteiger partial charge in [-0.25, -0.2) is 0 Å². The first-order valence-corrected chi connectivity index (χ1v) is 10.0. The van der Waals surface area contributed by atoms with Crippen LogP contribution < -0.4 is 10.1 Å². The van der Waals surface area contributed by atoms with E-state index in [2.05, 4.69) is 36.5 Å². The van der Waals surface area contributed by atoms with E-state index in [4.69, 9.17) is 4.74 Å². The van der Waals surface area contributed by atoms with E-state index in [0.717, 1.165) is 28.5 Å². The molecule has 3 nitrogen and oxygen atoms in total. The molecule has 3 aromatic carbocycles. The number of carbonyl (C=O) groups is 1. The van der Waals surface area contributed by atoms with Gasteiger partial charge in [0.2, 0.25) is 5.91 Å². The first-order valence-electron chi connectivity index (χ1n) is 8.86. The molecule has 1 amide bonds. The van der Waals surface area contributed by atoms with Crippen LogP contribution in [0, 0.1) is 13.8 Å². The van der Waals surface area contributed by atoms with E-state index in [1.165, 1.54) is 11.1 Å². The average molecular weight is 378 g/mol. The van der Waals surface area contributed by atoms with Crippen molar-refractivity contribution < 1.29 is 9.53 Å². The maximum Gasteiger partial charge on any atom is 0.234 e. The molecule has 0 radical (unpaired) electrons. The van der Waals surface area contributed by atoms with E-state index in [-0.39, 0.29) is 5.91 Å². The smallest absolute Gasteiger partial charge is 0.234 e. The Morgan fingerprint density at radius 2 is 1.63 bits per heavy atom. The van der Waals surface area contributed by atoms with Crippen LogP contribution >= 0.6 is 11.8 Å². The topological polar surface area (TPSA) is 38.3 Å². The maximum atomic E-state index is 12.1. The number of hydrogen-bond donors (Lipinski definition) is 1. The van der Waals surface area contributed by atoms with Crippen LogP contribution in [-0.2, 0) is 10.5 Å². The standard InChI is InChI=1S/C23H23NO2S/c1-17-6-8-19(9-7-17)15-27-16-23(25)24-20-10-12-21(13-11-20)26-22-5-3-4-18(2)14-22/h3-14H,15-16H2,1-2H3,(H,24,25). The Morgan fingerprint density at radius 1 is 0.889 bits per heavy atom. The Labute approximate surface area is 164 Å². The van der Waals surface area contributed by atoms with Crippen LogP contribution in [0.5, 0.6) is 11.5 Å². The molecule has 0 unspecified atom stereocenters.